The summed E-state index contributed by atoms with van der Waals surface area (Å²) in [5.41, 5.74) is 9.10. The van der Waals surface area contributed by atoms with Gasteiger partial charge in [0.25, 0.3) is 0 Å². The van der Waals surface area contributed by atoms with Crippen LogP contribution in [0.15, 0.2) is 36.4 Å². The maximum Gasteiger partial charge on any atom is 0.137 e. The first-order chi connectivity index (χ1) is 21.2. The van der Waals surface area contributed by atoms with Crippen LogP contribution in [0.5, 0.6) is 11.5 Å². The van der Waals surface area contributed by atoms with E-state index >= 15 is 0 Å². The van der Waals surface area contributed by atoms with Crippen LogP contribution in [0.4, 0.5) is 0 Å². The number of ether oxygens (including phenoxy) is 2. The SMILES string of the molecule is CCCCCCCCOc1ccc(C(C)(C)C)cc1C(O)(c1cc(C(C)(C)C)ccc1OCCCCCCCC)[C@@H](N)C(C)C. The quantitative estimate of drug-likeness (QED) is 0.144. The van der Waals surface area contributed by atoms with E-state index in [0.717, 1.165) is 47.9 Å². The Hall–Kier alpha value is -2.04. The molecule has 2 aromatic rings. The summed E-state index contributed by atoms with van der Waals surface area (Å²) < 4.78 is 13.1. The summed E-state index contributed by atoms with van der Waals surface area (Å²) in [7, 11) is 0. The van der Waals surface area contributed by atoms with E-state index in [9.17, 15) is 5.11 Å². The Balaban J connectivity index is 2.64. The average Bonchev–Trinajstić information content (AvgIpc) is 2.98. The van der Waals surface area contributed by atoms with E-state index < -0.39 is 11.6 Å². The highest BCUT2D eigenvalue weighted by molar-refractivity contribution is 5.54. The molecule has 0 amide bonds. The minimum absolute atomic E-state index is 0.00409. The molecule has 0 aromatic heterocycles. The minimum Gasteiger partial charge on any atom is -0.493 e. The average molecular weight is 624 g/mol. The molecule has 0 radical (unpaired) electrons. The van der Waals surface area contributed by atoms with Crippen molar-refractivity contribution in [1.82, 2.24) is 0 Å². The van der Waals surface area contributed by atoms with Gasteiger partial charge in [-0.3, -0.25) is 0 Å². The lowest BCUT2D eigenvalue weighted by Crippen LogP contribution is -2.50. The molecular weight excluding hydrogens is 554 g/mol. The van der Waals surface area contributed by atoms with E-state index in [1.807, 2.05) is 0 Å². The Morgan fingerprint density at radius 3 is 1.29 bits per heavy atom. The van der Waals surface area contributed by atoms with Crippen molar-refractivity contribution in [2.75, 3.05) is 13.2 Å². The van der Waals surface area contributed by atoms with Gasteiger partial charge >= 0.3 is 0 Å². The third-order valence-electron chi connectivity index (χ3n) is 9.22. The third kappa shape index (κ3) is 11.6. The van der Waals surface area contributed by atoms with Crippen molar-refractivity contribution in [1.29, 1.82) is 0 Å². The van der Waals surface area contributed by atoms with Crippen LogP contribution in [0.2, 0.25) is 0 Å². The smallest absolute Gasteiger partial charge is 0.137 e. The van der Waals surface area contributed by atoms with E-state index in [1.165, 1.54) is 51.4 Å². The van der Waals surface area contributed by atoms with Gasteiger partial charge < -0.3 is 20.3 Å². The molecule has 0 aliphatic heterocycles. The van der Waals surface area contributed by atoms with E-state index in [-0.39, 0.29) is 16.7 Å². The fourth-order valence-corrected chi connectivity index (χ4v) is 5.96. The monoisotopic (exact) mass is 624 g/mol. The van der Waals surface area contributed by atoms with Crippen molar-refractivity contribution in [3.63, 3.8) is 0 Å². The molecule has 45 heavy (non-hydrogen) atoms. The van der Waals surface area contributed by atoms with Gasteiger partial charge in [0.2, 0.25) is 0 Å². The maximum absolute atomic E-state index is 13.2. The summed E-state index contributed by atoms with van der Waals surface area (Å²) in [5, 5.41) is 13.2. The summed E-state index contributed by atoms with van der Waals surface area (Å²) in [6.07, 6.45) is 14.4. The van der Waals surface area contributed by atoms with Gasteiger partial charge in [0.15, 0.2) is 0 Å². The molecule has 3 N–H and O–H groups in total. The second kappa shape index (κ2) is 18.3. The van der Waals surface area contributed by atoms with Crippen molar-refractivity contribution >= 4 is 0 Å². The number of aliphatic hydroxyl groups is 1. The Labute approximate surface area is 277 Å². The van der Waals surface area contributed by atoms with Crippen LogP contribution in [0.25, 0.3) is 0 Å². The fraction of sp³-hybridized carbons (Fsp3) is 0.707. The highest BCUT2D eigenvalue weighted by Gasteiger charge is 2.45. The molecule has 0 spiro atoms. The van der Waals surface area contributed by atoms with Crippen LogP contribution in [-0.2, 0) is 16.4 Å². The lowest BCUT2D eigenvalue weighted by Gasteiger charge is -2.40. The Bertz CT molecular complexity index is 1050. The van der Waals surface area contributed by atoms with Gasteiger partial charge in [-0.25, -0.2) is 0 Å². The van der Waals surface area contributed by atoms with Gasteiger partial charge in [-0.05, 0) is 65.0 Å². The van der Waals surface area contributed by atoms with Gasteiger partial charge in [-0.2, -0.15) is 0 Å². The molecular formula is C41H69NO3. The van der Waals surface area contributed by atoms with Crippen LogP contribution in [0.3, 0.4) is 0 Å². The Kier molecular flexibility index (Phi) is 15.9. The Morgan fingerprint density at radius 2 is 0.956 bits per heavy atom. The first kappa shape index (κ1) is 39.1. The molecule has 0 aliphatic rings. The molecule has 256 valence electrons. The molecule has 0 fully saturated rings. The van der Waals surface area contributed by atoms with E-state index in [4.69, 9.17) is 15.2 Å². The largest absolute Gasteiger partial charge is 0.493 e. The lowest BCUT2D eigenvalue weighted by atomic mass is 9.72. The summed E-state index contributed by atoms with van der Waals surface area (Å²) in [4.78, 5) is 0. The molecule has 0 bridgehead atoms. The van der Waals surface area contributed by atoms with Gasteiger partial charge in [0.1, 0.15) is 17.1 Å². The molecule has 0 aliphatic carbocycles. The van der Waals surface area contributed by atoms with Gasteiger partial charge in [-0.1, -0.05) is 146 Å². The summed E-state index contributed by atoms with van der Waals surface area (Å²) in [6.45, 7) is 23.1. The summed E-state index contributed by atoms with van der Waals surface area (Å²) >= 11 is 0. The first-order valence-electron chi connectivity index (χ1n) is 18.2. The van der Waals surface area contributed by atoms with Crippen molar-refractivity contribution in [2.24, 2.45) is 11.7 Å². The molecule has 2 aromatic carbocycles. The topological polar surface area (TPSA) is 64.7 Å². The molecule has 2 rings (SSSR count). The van der Waals surface area contributed by atoms with Crippen LogP contribution in [0, 0.1) is 5.92 Å². The number of unbranched alkanes of at least 4 members (excludes halogenated alkanes) is 10. The van der Waals surface area contributed by atoms with Crippen LogP contribution in [-0.4, -0.2) is 24.4 Å². The van der Waals surface area contributed by atoms with Gasteiger partial charge in [0, 0.05) is 17.2 Å². The highest BCUT2D eigenvalue weighted by Crippen LogP contribution is 2.46. The van der Waals surface area contributed by atoms with Crippen LogP contribution >= 0.6 is 0 Å². The van der Waals surface area contributed by atoms with Crippen LogP contribution in [0.1, 0.15) is 169 Å². The van der Waals surface area contributed by atoms with E-state index in [0.29, 0.717) is 24.7 Å². The van der Waals surface area contributed by atoms with Crippen LogP contribution < -0.4 is 15.2 Å². The molecule has 4 heteroatoms. The number of hydrogen-bond donors (Lipinski definition) is 2. The zero-order chi connectivity index (χ0) is 33.7. The molecule has 0 unspecified atom stereocenters. The number of nitrogens with two attached hydrogens (primary N) is 1. The van der Waals surface area contributed by atoms with Gasteiger partial charge in [-0.15, -0.1) is 0 Å². The second-order valence-corrected chi connectivity index (χ2v) is 15.7. The van der Waals surface area contributed by atoms with E-state index in [1.54, 1.807) is 0 Å². The van der Waals surface area contributed by atoms with Crippen molar-refractivity contribution < 1.29 is 14.6 Å². The number of benzene rings is 2. The molecule has 0 saturated carbocycles. The molecule has 0 saturated heterocycles. The lowest BCUT2D eigenvalue weighted by molar-refractivity contribution is 0.0294. The zero-order valence-electron chi connectivity index (χ0n) is 30.9. The minimum atomic E-state index is -1.52. The predicted octanol–water partition coefficient (Wildman–Crippen LogP) is 11.0. The fourth-order valence-electron chi connectivity index (χ4n) is 5.96. The second-order valence-electron chi connectivity index (χ2n) is 15.7. The third-order valence-corrected chi connectivity index (χ3v) is 9.22. The van der Waals surface area contributed by atoms with Crippen molar-refractivity contribution in [2.45, 2.75) is 169 Å². The van der Waals surface area contributed by atoms with Gasteiger partial charge in [0.05, 0.1) is 13.2 Å². The predicted molar refractivity (Wildman–Crippen MR) is 194 cm³/mol. The normalized spacial score (nSPS) is 13.4. The maximum atomic E-state index is 13.2. The highest BCUT2D eigenvalue weighted by atomic mass is 16.5. The summed E-state index contributed by atoms with van der Waals surface area (Å²) in [6, 6.07) is 12.1. The van der Waals surface area contributed by atoms with Crippen molar-refractivity contribution in [3.8, 4) is 11.5 Å². The number of hydrogen-bond acceptors (Lipinski definition) is 4. The van der Waals surface area contributed by atoms with E-state index in [2.05, 4.69) is 106 Å². The first-order valence-corrected chi connectivity index (χ1v) is 18.2. The number of rotatable bonds is 20. The molecule has 1 atom stereocenters. The Morgan fingerprint density at radius 1 is 0.600 bits per heavy atom. The van der Waals surface area contributed by atoms with Crippen molar-refractivity contribution in [3.05, 3.63) is 58.7 Å². The molecule has 0 heterocycles. The zero-order valence-corrected chi connectivity index (χ0v) is 30.9. The summed E-state index contributed by atoms with van der Waals surface area (Å²) in [5.74, 6) is 1.42. The molecule has 4 nitrogen and oxygen atoms in total. The standard InChI is InChI=1S/C41H69NO3/c1-11-13-15-17-19-21-27-44-36-25-23-32(39(5,6)7)29-34(36)41(43,38(42)31(3)4)35-30-33(40(8,9)10)24-26-37(35)45-28-22-20-18-16-14-12-2/h23-26,29-31,38,43H,11-22,27-28,42H2,1-10H3/t38-/m0/s1.